The number of likely N-dealkylation sites (N-methyl/N-ethyl adjacent to an activating group) is 1. The lowest BCUT2D eigenvalue weighted by Crippen LogP contribution is -2.26. The molecule has 7 heteroatoms. The Labute approximate surface area is 297 Å². The molecule has 0 aliphatic rings. The number of carbonyl (C=O) groups excluding carboxylic acids is 2. The quantitative estimate of drug-likeness (QED) is 0.0234. The molecule has 0 saturated carbocycles. The molecule has 0 aliphatic heterocycles. The molecule has 0 bridgehead atoms. The topological polar surface area (TPSA) is 85.3 Å². The van der Waals surface area contributed by atoms with E-state index in [1.54, 1.807) is 0 Å². The van der Waals surface area contributed by atoms with Gasteiger partial charge in [-0.3, -0.25) is 4.79 Å². The number of nitrogens with zero attached hydrogens (tertiary/aromatic N) is 1. The molecule has 0 fully saturated rings. The number of ether oxygens (including phenoxy) is 3. The lowest BCUT2D eigenvalue weighted by atomic mass is 10.0. The second-order valence-corrected chi connectivity index (χ2v) is 13.3. The van der Waals surface area contributed by atoms with Gasteiger partial charge in [0.25, 0.3) is 0 Å². The van der Waals surface area contributed by atoms with Gasteiger partial charge in [-0.05, 0) is 72.4 Å². The highest BCUT2D eigenvalue weighted by Crippen LogP contribution is 2.18. The zero-order valence-electron chi connectivity index (χ0n) is 32.3. The Bertz CT molecular complexity index is 711. The van der Waals surface area contributed by atoms with Gasteiger partial charge in [-0.15, -0.1) is 0 Å². The smallest absolute Gasteiger partial charge is 0.306 e. The molecule has 2 atom stereocenters. The maximum atomic E-state index is 11.9. The average Bonchev–Trinajstić information content (AvgIpc) is 3.06. The van der Waals surface area contributed by atoms with Crippen molar-refractivity contribution in [2.45, 2.75) is 187 Å². The van der Waals surface area contributed by atoms with Gasteiger partial charge in [0.05, 0.1) is 19.3 Å². The second kappa shape index (κ2) is 41.6. The third-order valence-electron chi connectivity index (χ3n) is 8.26. The highest BCUT2D eigenvalue weighted by Gasteiger charge is 2.14. The Hall–Kier alpha value is -1.54. The zero-order valence-corrected chi connectivity index (χ0v) is 32.3. The van der Waals surface area contributed by atoms with Gasteiger partial charge in [0.2, 0.25) is 0 Å². The number of allylic oxidation sites excluding steroid dienone is 2. The Kier molecular flexibility index (Phi) is 42.1. The van der Waals surface area contributed by atoms with Gasteiger partial charge in [-0.1, -0.05) is 128 Å². The van der Waals surface area contributed by atoms with Gasteiger partial charge in [0.1, 0.15) is 12.9 Å². The lowest BCUT2D eigenvalue weighted by molar-refractivity contribution is -0.164. The van der Waals surface area contributed by atoms with Crippen molar-refractivity contribution in [3.63, 3.8) is 0 Å². The van der Waals surface area contributed by atoms with Gasteiger partial charge < -0.3 is 29.0 Å². The molecule has 0 aromatic heterocycles. The summed E-state index contributed by atoms with van der Waals surface area (Å²) in [5.41, 5.74) is 0. The Morgan fingerprint density at radius 1 is 0.688 bits per heavy atom. The maximum Gasteiger partial charge on any atom is 0.306 e. The molecule has 2 unspecified atom stereocenters. The van der Waals surface area contributed by atoms with Gasteiger partial charge in [0.15, 0.2) is 6.29 Å². The first-order valence-corrected chi connectivity index (χ1v) is 19.8. The standard InChI is InChI=1S/C32H61NO5.C9H18O/c1-5-6-7-8-11-17-22-28-37-32(35)25-20-15-12-14-19-24-31(23-18-13-9-10-16-21-27-34)38-30(2)36-29-26-33(3)4;1-2-3-4-5-6-7-8-9-10/h17,22,27,30-31H,5-16,18-21,23-26,28-29H2,1-4H3;7-8,10H,2-6,9H2,1H3/b22-17-;8-7-. The van der Waals surface area contributed by atoms with Crippen LogP contribution in [0.4, 0.5) is 0 Å². The number of esters is 1. The van der Waals surface area contributed by atoms with Gasteiger partial charge >= 0.3 is 5.97 Å². The predicted octanol–water partition coefficient (Wildman–Crippen LogP) is 10.5. The molecule has 0 aliphatic carbocycles. The molecular formula is C41H79NO6. The van der Waals surface area contributed by atoms with E-state index in [9.17, 15) is 9.59 Å². The minimum absolute atomic E-state index is 0.0801. The van der Waals surface area contributed by atoms with Crippen LogP contribution in [0.25, 0.3) is 0 Å². The summed E-state index contributed by atoms with van der Waals surface area (Å²) in [7, 11) is 4.09. The minimum Gasteiger partial charge on any atom is -0.461 e. The highest BCUT2D eigenvalue weighted by atomic mass is 16.7. The van der Waals surface area contributed by atoms with Crippen LogP contribution in [-0.4, -0.2) is 75.1 Å². The van der Waals surface area contributed by atoms with Crippen molar-refractivity contribution in [3.8, 4) is 0 Å². The molecule has 0 spiro atoms. The van der Waals surface area contributed by atoms with E-state index >= 15 is 0 Å². The number of aliphatic hydroxyl groups is 1. The molecule has 0 heterocycles. The van der Waals surface area contributed by atoms with Crippen molar-refractivity contribution >= 4 is 12.3 Å². The predicted molar refractivity (Wildman–Crippen MR) is 203 cm³/mol. The number of hydrogen-bond acceptors (Lipinski definition) is 7. The van der Waals surface area contributed by atoms with Crippen molar-refractivity contribution in [3.05, 3.63) is 24.3 Å². The number of unbranched alkanes of at least 4 members (excludes halogenated alkanes) is 17. The van der Waals surface area contributed by atoms with E-state index in [1.165, 1.54) is 64.2 Å². The fourth-order valence-electron chi connectivity index (χ4n) is 5.26. The zero-order chi connectivity index (χ0) is 35.8. The molecule has 0 saturated heterocycles. The summed E-state index contributed by atoms with van der Waals surface area (Å²) in [4.78, 5) is 24.5. The fourth-order valence-corrected chi connectivity index (χ4v) is 5.26. The number of aliphatic hydroxyl groups excluding tert-OH is 1. The second-order valence-electron chi connectivity index (χ2n) is 13.3. The number of hydrogen-bond donors (Lipinski definition) is 1. The third-order valence-corrected chi connectivity index (χ3v) is 8.26. The first kappa shape index (κ1) is 48.6. The Balaban J connectivity index is 0. The van der Waals surface area contributed by atoms with E-state index in [2.05, 4.69) is 30.9 Å². The summed E-state index contributed by atoms with van der Waals surface area (Å²) in [6.45, 7) is 8.60. The molecule has 0 rings (SSSR count). The molecule has 284 valence electrons. The van der Waals surface area contributed by atoms with E-state index in [1.807, 2.05) is 33.2 Å². The first-order valence-electron chi connectivity index (χ1n) is 19.8. The summed E-state index contributed by atoms with van der Waals surface area (Å²) in [6, 6.07) is 0. The van der Waals surface area contributed by atoms with E-state index in [-0.39, 0.29) is 25.0 Å². The molecular weight excluding hydrogens is 602 g/mol. The summed E-state index contributed by atoms with van der Waals surface area (Å²) >= 11 is 0. The SMILES string of the molecule is CCCCCC/C=C\CO.CCCCCC/C=C\COC(=O)CCCCCCCC(CCCCCCCC=O)OC(C)OCCN(C)C. The third kappa shape index (κ3) is 42.5. The van der Waals surface area contributed by atoms with Crippen LogP contribution < -0.4 is 0 Å². The Morgan fingerprint density at radius 2 is 1.21 bits per heavy atom. The molecule has 48 heavy (non-hydrogen) atoms. The molecule has 7 nitrogen and oxygen atoms in total. The van der Waals surface area contributed by atoms with Crippen molar-refractivity contribution in [2.75, 3.05) is 40.5 Å². The molecule has 0 aromatic carbocycles. The van der Waals surface area contributed by atoms with Gasteiger partial charge in [-0.2, -0.15) is 0 Å². The Morgan fingerprint density at radius 3 is 1.77 bits per heavy atom. The summed E-state index contributed by atoms with van der Waals surface area (Å²) in [5.74, 6) is -0.0801. The monoisotopic (exact) mass is 682 g/mol. The van der Waals surface area contributed by atoms with Crippen LogP contribution in [0.2, 0.25) is 0 Å². The van der Waals surface area contributed by atoms with Gasteiger partial charge in [0, 0.05) is 19.4 Å². The van der Waals surface area contributed by atoms with Crippen LogP contribution in [0.1, 0.15) is 175 Å². The van der Waals surface area contributed by atoms with Crippen LogP contribution >= 0.6 is 0 Å². The lowest BCUT2D eigenvalue weighted by Gasteiger charge is -2.23. The van der Waals surface area contributed by atoms with Crippen LogP contribution in [0.3, 0.4) is 0 Å². The van der Waals surface area contributed by atoms with Gasteiger partial charge in [-0.25, -0.2) is 0 Å². The van der Waals surface area contributed by atoms with Crippen molar-refractivity contribution in [1.29, 1.82) is 0 Å². The number of rotatable bonds is 35. The molecule has 1 N–H and O–H groups in total. The minimum atomic E-state index is -0.186. The van der Waals surface area contributed by atoms with E-state index in [0.29, 0.717) is 26.1 Å². The van der Waals surface area contributed by atoms with Crippen molar-refractivity contribution in [2.24, 2.45) is 0 Å². The van der Waals surface area contributed by atoms with Crippen molar-refractivity contribution < 1.29 is 28.9 Å². The number of carbonyl (C=O) groups is 2. The van der Waals surface area contributed by atoms with Crippen LogP contribution in [0.5, 0.6) is 0 Å². The highest BCUT2D eigenvalue weighted by molar-refractivity contribution is 5.69. The molecule has 0 aromatic rings. The summed E-state index contributed by atoms with van der Waals surface area (Å²) in [6.07, 6.45) is 36.0. The van der Waals surface area contributed by atoms with E-state index < -0.39 is 0 Å². The van der Waals surface area contributed by atoms with Crippen LogP contribution in [0, 0.1) is 0 Å². The van der Waals surface area contributed by atoms with E-state index in [0.717, 1.165) is 89.9 Å². The number of aldehydes is 1. The van der Waals surface area contributed by atoms with Crippen LogP contribution in [0.15, 0.2) is 24.3 Å². The molecule has 0 amide bonds. The van der Waals surface area contributed by atoms with E-state index in [4.69, 9.17) is 19.3 Å². The fraction of sp³-hybridized carbons (Fsp3) is 0.854. The molecule has 0 radical (unpaired) electrons. The first-order chi connectivity index (χ1) is 23.4. The average molecular weight is 682 g/mol. The maximum absolute atomic E-state index is 11.9. The summed E-state index contributed by atoms with van der Waals surface area (Å²) < 4.78 is 17.4. The van der Waals surface area contributed by atoms with Crippen molar-refractivity contribution in [1.82, 2.24) is 4.90 Å². The largest absolute Gasteiger partial charge is 0.461 e. The normalized spacial score (nSPS) is 12.8. The van der Waals surface area contributed by atoms with Crippen LogP contribution in [-0.2, 0) is 23.8 Å². The summed E-state index contributed by atoms with van der Waals surface area (Å²) in [5, 5.41) is 8.38.